The minimum absolute atomic E-state index is 0.0508. The molecule has 11 bridgehead atoms. The van der Waals surface area contributed by atoms with Crippen molar-refractivity contribution in [1.82, 2.24) is 36.8 Å². The normalized spacial score (nSPS) is 32.1. The molecule has 0 aliphatic carbocycles. The molecule has 8 aliphatic heterocycles. The number of aromatic hydroxyl groups is 3. The highest BCUT2D eigenvalue weighted by Crippen LogP contribution is 2.50. The molecule has 37 heteroatoms. The molecule has 3 saturated heterocycles. The van der Waals surface area contributed by atoms with Gasteiger partial charge in [0, 0.05) is 46.7 Å². The number of ether oxygens (including phenoxy) is 8. The van der Waals surface area contributed by atoms with Crippen LogP contribution in [-0.2, 0) is 62.0 Å². The Morgan fingerprint density at radius 1 is 0.676 bits per heavy atom. The van der Waals surface area contributed by atoms with Crippen molar-refractivity contribution in [2.45, 2.75) is 201 Å². The summed E-state index contributed by atoms with van der Waals surface area (Å²) in [6.07, 6.45) is -22.4. The van der Waals surface area contributed by atoms with E-state index in [0.717, 1.165) is 42.5 Å². The molecule has 0 saturated carbocycles. The molecule has 0 aromatic heterocycles. The Balaban J connectivity index is 1.18. The van der Waals surface area contributed by atoms with Crippen LogP contribution in [0.15, 0.2) is 84.9 Å². The Hall–Kier alpha value is -9.61. The summed E-state index contributed by atoms with van der Waals surface area (Å²) >= 11 is 7.35. The van der Waals surface area contributed by atoms with Crippen LogP contribution < -0.4 is 63.3 Å². The molecule has 7 amide bonds. The number of nitrogens with zero attached hydrogens (tertiary/aromatic N) is 1. The maximum absolute atomic E-state index is 16.4. The summed E-state index contributed by atoms with van der Waals surface area (Å²) in [6, 6.07) is 1.60. The summed E-state index contributed by atoms with van der Waals surface area (Å²) in [5, 5.41) is 129. The molecule has 15 unspecified atom stereocenters. The van der Waals surface area contributed by atoms with Crippen molar-refractivity contribution in [3.8, 4) is 57.1 Å². The fourth-order valence-electron chi connectivity index (χ4n) is 14.4. The van der Waals surface area contributed by atoms with E-state index in [-0.39, 0.29) is 53.4 Å². The van der Waals surface area contributed by atoms with Crippen LogP contribution in [0.5, 0.6) is 46.0 Å². The second kappa shape index (κ2) is 33.0. The van der Waals surface area contributed by atoms with Crippen LogP contribution >= 0.6 is 11.6 Å². The first-order valence-electron chi connectivity index (χ1n) is 35.6. The van der Waals surface area contributed by atoms with Gasteiger partial charge in [0.05, 0.1) is 48.5 Å². The average Bonchev–Trinajstić information content (AvgIpc) is 0.773. The van der Waals surface area contributed by atoms with E-state index in [4.69, 9.17) is 66.7 Å². The Kier molecular flexibility index (Phi) is 24.5. The first kappa shape index (κ1) is 82.4. The zero-order valence-electron chi connectivity index (χ0n) is 61.3. The van der Waals surface area contributed by atoms with Gasteiger partial charge in [-0.2, -0.15) is 0 Å². The Morgan fingerprint density at radius 3 is 1.86 bits per heavy atom. The minimum Gasteiger partial charge on any atom is -0.508 e. The van der Waals surface area contributed by atoms with Crippen LogP contribution in [0, 0.1) is 5.92 Å². The van der Waals surface area contributed by atoms with E-state index < -0.39 is 255 Å². The summed E-state index contributed by atoms with van der Waals surface area (Å²) in [5.41, 5.74) is 13.6. The largest absolute Gasteiger partial charge is 0.508 e. The molecule has 0 radical (unpaired) electrons. The fourth-order valence-corrected chi connectivity index (χ4v) is 14.6. The maximum Gasteiger partial charge on any atom is 0.330 e. The van der Waals surface area contributed by atoms with E-state index in [0.29, 0.717) is 0 Å². The van der Waals surface area contributed by atoms with E-state index >= 15 is 24.0 Å². The lowest BCUT2D eigenvalue weighted by atomic mass is 9.86. The molecule has 8 heterocycles. The number of aliphatic hydroxyl groups is 6. The van der Waals surface area contributed by atoms with Crippen molar-refractivity contribution in [1.29, 1.82) is 0 Å². The zero-order chi connectivity index (χ0) is 80.9. The third-order valence-corrected chi connectivity index (χ3v) is 20.6. The first-order valence-corrected chi connectivity index (χ1v) is 36.0. The van der Waals surface area contributed by atoms with E-state index in [9.17, 15) is 65.4 Å². The Labute approximate surface area is 639 Å². The lowest BCUT2D eigenvalue weighted by Crippen LogP contribution is -2.64. The van der Waals surface area contributed by atoms with E-state index in [1.807, 2.05) is 13.8 Å². The molecular formula is C74H91ClN10O26. The molecule has 22 N–H and O–H groups in total. The van der Waals surface area contributed by atoms with Crippen LogP contribution in [0.2, 0.25) is 5.02 Å². The molecule has 22 atom stereocenters. The summed E-state index contributed by atoms with van der Waals surface area (Å²) < 4.78 is 51.7. The second-order valence-corrected chi connectivity index (χ2v) is 30.2. The predicted octanol–water partition coefficient (Wildman–Crippen LogP) is 0.0325. The monoisotopic (exact) mass is 1570 g/mol. The number of carbonyl (C=O) groups excluding carboxylic acids is 7. The van der Waals surface area contributed by atoms with E-state index in [1.54, 1.807) is 19.0 Å². The number of rotatable bonds is 15. The van der Waals surface area contributed by atoms with Gasteiger partial charge in [-0.05, 0) is 131 Å². The van der Waals surface area contributed by atoms with Crippen molar-refractivity contribution in [2.24, 2.45) is 23.1 Å². The third-order valence-electron chi connectivity index (χ3n) is 20.3. The first-order chi connectivity index (χ1) is 52.2. The maximum atomic E-state index is 16.4. The van der Waals surface area contributed by atoms with Crippen LogP contribution in [0.4, 0.5) is 0 Å². The second-order valence-electron chi connectivity index (χ2n) is 29.8. The quantitative estimate of drug-likeness (QED) is 0.0657. The van der Waals surface area contributed by atoms with Crippen molar-refractivity contribution in [3.05, 3.63) is 118 Å². The van der Waals surface area contributed by atoms with Crippen LogP contribution in [-0.4, -0.2) is 227 Å². The Morgan fingerprint density at radius 2 is 1.27 bits per heavy atom. The van der Waals surface area contributed by atoms with Gasteiger partial charge < -0.3 is 138 Å². The standard InChI is InChI=1S/C74H91ClN10O26/c1-28(2)17-41(85(7)8)66(97)83-55-57(91)31-9-13-36(14-10-31)106-45-20-34-21-46(61(45)111-72-62(59(93)58(92)47(27-86)108-72)110-50-26-74(6,78)64(95)30(4)105-50)107-44-16-12-33(19-39(44)75)60(109-49-25-73(5,77)63(94)29(3)104-49)56-70(101)82-54(71(102)103)38-22-35(87)23-43(89)51(38)37-18-32(11-15-42(37)88)52(67(98)84-56)81-68(99)53(34)80-65(96)40(24-48(76)90)79-69(55)100/h9-16,18-23,28-30,40-41,47,49-50,52-60,62-64,72,86-89,91-95H,17,24-27,77-78H2,1-8H3,(H2,76,90)(H,79,100)(H,80,96)(H,81,99)(H,82,101)(H,83,97)(H,84,98)(H,102,103)/t29?,30?,40-,41+,47?,49?,50?,52?,53+,54-,55+,56?,57+,58?,59?,60+,62?,63?,64?,72?,73?,74?/m0/s1. The molecular weight excluding hydrogens is 1480 g/mol. The zero-order valence-corrected chi connectivity index (χ0v) is 62.1. The summed E-state index contributed by atoms with van der Waals surface area (Å²) in [6.45, 7) is 8.69. The average molecular weight is 1570 g/mol. The molecule has 3 fully saturated rings. The number of primary amides is 1. The number of halogens is 1. The topological polar surface area (TPSA) is 566 Å². The number of nitrogens with two attached hydrogens (primary N) is 3. The smallest absolute Gasteiger partial charge is 0.330 e. The van der Waals surface area contributed by atoms with Crippen molar-refractivity contribution < 1.29 is 127 Å². The number of likely N-dealkylation sites (N-methyl/N-ethyl adjacent to an activating group) is 1. The molecule has 8 aliphatic rings. The molecule has 111 heavy (non-hydrogen) atoms. The molecule has 0 spiro atoms. The highest BCUT2D eigenvalue weighted by Gasteiger charge is 2.52. The summed E-state index contributed by atoms with van der Waals surface area (Å²) in [7, 11) is 3.22. The highest BCUT2D eigenvalue weighted by molar-refractivity contribution is 6.32. The number of phenolic OH excluding ortho intramolecular Hbond substituents is 3. The number of hydrogen-bond donors (Lipinski definition) is 19. The number of amides is 7. The number of aliphatic hydroxyl groups excluding tert-OH is 6. The number of carboxylic acid groups (broad SMARTS) is 1. The Bertz CT molecular complexity index is 4380. The highest BCUT2D eigenvalue weighted by atomic mass is 35.5. The van der Waals surface area contributed by atoms with E-state index in [2.05, 4.69) is 31.9 Å². The number of fused-ring (bicyclic) bond motifs is 15. The van der Waals surface area contributed by atoms with E-state index in [1.165, 1.54) is 70.2 Å². The van der Waals surface area contributed by atoms with Gasteiger partial charge in [0.15, 0.2) is 36.2 Å². The number of benzene rings is 5. The molecule has 13 rings (SSSR count). The number of aliphatic carboxylic acids is 1. The molecule has 600 valence electrons. The molecule has 5 aromatic rings. The number of nitrogens with one attached hydrogen (secondary N) is 6. The summed E-state index contributed by atoms with van der Waals surface area (Å²) in [5.74, 6) is -15.4. The van der Waals surface area contributed by atoms with Crippen LogP contribution in [0.1, 0.15) is 125 Å². The number of hydrogen-bond acceptors (Lipinski definition) is 28. The lowest BCUT2D eigenvalue weighted by molar-refractivity contribution is -0.333. The van der Waals surface area contributed by atoms with Crippen molar-refractivity contribution in [3.63, 3.8) is 0 Å². The van der Waals surface area contributed by atoms with Gasteiger partial charge in [-0.25, -0.2) is 4.79 Å². The van der Waals surface area contributed by atoms with Gasteiger partial charge in [0.1, 0.15) is 89.5 Å². The molecule has 36 nitrogen and oxygen atoms in total. The van der Waals surface area contributed by atoms with Gasteiger partial charge in [0.25, 0.3) is 0 Å². The lowest BCUT2D eigenvalue weighted by Gasteiger charge is -2.47. The summed E-state index contributed by atoms with van der Waals surface area (Å²) in [4.78, 5) is 122. The SMILES string of the molecule is CC(C)C[C@H](C(=O)N[C@H]1C(=O)N[C@@H](CC(N)=O)C(=O)N[C@H]2C(=O)NC3C(=O)NC(C(=O)N[C@H](C(=O)O)c4cc(O)cc(O)c4-c4cc3ccc4O)[C@H](OC3CC(C)(N)C(O)C(C)O3)c3ccc(c(Cl)c3)Oc3cc2cc(c3OC2OC(CO)C(O)C(O)C2OC2CC(C)(N)C(O)C(C)O2)Oc2ccc(cc2)[C@H]1O)N(C)C. The number of carbonyl (C=O) groups is 8. The number of phenols is 3. The van der Waals surface area contributed by atoms with Gasteiger partial charge in [-0.15, -0.1) is 0 Å². The fraction of sp³-hybridized carbons (Fsp3) is 0.486. The van der Waals surface area contributed by atoms with Gasteiger partial charge in [-0.1, -0.05) is 49.7 Å². The van der Waals surface area contributed by atoms with Crippen LogP contribution in [0.25, 0.3) is 11.1 Å². The third kappa shape index (κ3) is 17.7. The minimum atomic E-state index is -2.34. The van der Waals surface area contributed by atoms with Crippen molar-refractivity contribution >= 4 is 58.9 Å². The van der Waals surface area contributed by atoms with Crippen molar-refractivity contribution in [2.75, 3.05) is 20.7 Å². The van der Waals surface area contributed by atoms with Gasteiger partial charge in [0.2, 0.25) is 53.4 Å². The van der Waals surface area contributed by atoms with Gasteiger partial charge in [-0.3, -0.25) is 38.5 Å². The van der Waals surface area contributed by atoms with Gasteiger partial charge >= 0.3 is 5.97 Å². The number of carboxylic acids is 1. The predicted molar refractivity (Wildman–Crippen MR) is 385 cm³/mol. The van der Waals surface area contributed by atoms with Crippen LogP contribution in [0.3, 0.4) is 0 Å². The molecule has 5 aromatic carbocycles.